The normalized spacial score (nSPS) is 18.7. The summed E-state index contributed by atoms with van der Waals surface area (Å²) in [4.78, 5) is 0. The highest BCUT2D eigenvalue weighted by molar-refractivity contribution is 5.42. The van der Waals surface area contributed by atoms with Crippen molar-refractivity contribution in [3.63, 3.8) is 0 Å². The molecule has 0 amide bonds. The molecule has 7 heteroatoms. The van der Waals surface area contributed by atoms with E-state index in [0.717, 1.165) is 48.5 Å². The van der Waals surface area contributed by atoms with Crippen LogP contribution in [0.2, 0.25) is 0 Å². The number of benzene rings is 2. The fourth-order valence-corrected chi connectivity index (χ4v) is 4.41. The molecule has 0 aromatic heterocycles. The first-order valence-electron chi connectivity index (χ1n) is 12.6. The summed E-state index contributed by atoms with van der Waals surface area (Å²) in [5.41, 5.74) is 2.36. The van der Waals surface area contributed by atoms with Crippen LogP contribution >= 0.6 is 0 Å². The van der Waals surface area contributed by atoms with Gasteiger partial charge in [0.25, 0.3) is 0 Å². The predicted molar refractivity (Wildman–Crippen MR) is 137 cm³/mol. The van der Waals surface area contributed by atoms with Gasteiger partial charge in [-0.15, -0.1) is 0 Å². The van der Waals surface area contributed by atoms with E-state index in [2.05, 4.69) is 5.32 Å². The highest BCUT2D eigenvalue weighted by Gasteiger charge is 2.26. The monoisotopic (exact) mass is 487 g/mol. The molecule has 0 unspecified atom stereocenters. The van der Waals surface area contributed by atoms with E-state index in [1.54, 1.807) is 21.3 Å². The molecule has 0 saturated heterocycles. The Morgan fingerprint density at radius 3 is 2.34 bits per heavy atom. The van der Waals surface area contributed by atoms with E-state index >= 15 is 0 Å². The summed E-state index contributed by atoms with van der Waals surface area (Å²) in [6.45, 7) is 2.07. The number of methoxy groups -OCH3 is 3. The van der Waals surface area contributed by atoms with Gasteiger partial charge in [0.05, 0.1) is 33.5 Å². The van der Waals surface area contributed by atoms with Crippen LogP contribution in [-0.2, 0) is 22.3 Å². The molecule has 0 radical (unpaired) electrons. The number of nitrogens with one attached hydrogen (secondary N) is 1. The lowest BCUT2D eigenvalue weighted by molar-refractivity contribution is 0.00183. The van der Waals surface area contributed by atoms with Crippen molar-refractivity contribution < 1.29 is 28.8 Å². The van der Waals surface area contributed by atoms with Crippen LogP contribution < -0.4 is 19.5 Å². The van der Waals surface area contributed by atoms with E-state index in [-0.39, 0.29) is 18.8 Å². The molecule has 0 bridgehead atoms. The van der Waals surface area contributed by atoms with Crippen molar-refractivity contribution in [3.05, 3.63) is 53.6 Å². The number of hydrogen-bond donors (Lipinski definition) is 2. The maximum Gasteiger partial charge on any atom is 0.160 e. The minimum Gasteiger partial charge on any atom is -0.493 e. The fourth-order valence-electron chi connectivity index (χ4n) is 4.41. The Labute approximate surface area is 209 Å². The number of hydrogen-bond acceptors (Lipinski definition) is 7. The summed E-state index contributed by atoms with van der Waals surface area (Å²) >= 11 is 0. The van der Waals surface area contributed by atoms with E-state index in [0.29, 0.717) is 19.8 Å². The van der Waals surface area contributed by atoms with Crippen molar-refractivity contribution >= 4 is 0 Å². The zero-order valence-corrected chi connectivity index (χ0v) is 21.3. The molecule has 3 atom stereocenters. The summed E-state index contributed by atoms with van der Waals surface area (Å²) in [5, 5.41) is 14.0. The van der Waals surface area contributed by atoms with Gasteiger partial charge in [0.15, 0.2) is 11.5 Å². The van der Waals surface area contributed by atoms with Gasteiger partial charge in [0, 0.05) is 19.7 Å². The number of ether oxygens (including phenoxy) is 5. The highest BCUT2D eigenvalue weighted by Crippen LogP contribution is 2.28. The minimum absolute atomic E-state index is 0.150. The van der Waals surface area contributed by atoms with Gasteiger partial charge in [0.1, 0.15) is 18.5 Å². The standard InChI is InChI=1S/C28H41NO6/c1-31-16-14-21-8-11-24(12-9-21)35-20-23(30)19-29-25-6-4-5-7-26(25)34-17-15-22-10-13-27(32-2)28(18-22)33-3/h8-13,18,23,25-26,29-30H,4-7,14-17,19-20H2,1-3H3/t23-,25-,26+/m0/s1. The SMILES string of the molecule is COCCc1ccc(OC[C@@H](O)CN[C@H]2CCCC[C@H]2OCCc2ccc(OC)c(OC)c2)cc1. The second-order valence-corrected chi connectivity index (χ2v) is 9.00. The van der Waals surface area contributed by atoms with Crippen LogP contribution in [0.4, 0.5) is 0 Å². The largest absolute Gasteiger partial charge is 0.493 e. The Morgan fingerprint density at radius 2 is 1.60 bits per heavy atom. The van der Waals surface area contributed by atoms with Crippen LogP contribution in [0.5, 0.6) is 17.2 Å². The lowest BCUT2D eigenvalue weighted by atomic mass is 9.92. The quantitative estimate of drug-likeness (QED) is 0.396. The van der Waals surface area contributed by atoms with Crippen LogP contribution in [0.15, 0.2) is 42.5 Å². The van der Waals surface area contributed by atoms with Gasteiger partial charge in [-0.3, -0.25) is 0 Å². The molecule has 7 nitrogen and oxygen atoms in total. The average Bonchev–Trinajstić information content (AvgIpc) is 2.90. The van der Waals surface area contributed by atoms with Gasteiger partial charge in [-0.25, -0.2) is 0 Å². The van der Waals surface area contributed by atoms with Crippen LogP contribution in [-0.4, -0.2) is 71.1 Å². The highest BCUT2D eigenvalue weighted by atomic mass is 16.5. The first-order valence-corrected chi connectivity index (χ1v) is 12.6. The Balaban J connectivity index is 1.39. The number of aliphatic hydroxyl groups is 1. The van der Waals surface area contributed by atoms with E-state index in [9.17, 15) is 5.11 Å². The molecule has 0 aliphatic heterocycles. The van der Waals surface area contributed by atoms with Crippen molar-refractivity contribution in [1.29, 1.82) is 0 Å². The average molecular weight is 488 g/mol. The number of rotatable bonds is 15. The summed E-state index contributed by atoms with van der Waals surface area (Å²) in [6.07, 6.45) is 5.69. The third-order valence-electron chi connectivity index (χ3n) is 6.45. The Kier molecular flexibility index (Phi) is 11.6. The Bertz CT molecular complexity index is 859. The summed E-state index contributed by atoms with van der Waals surface area (Å²) < 4.78 is 27.9. The van der Waals surface area contributed by atoms with E-state index in [4.69, 9.17) is 23.7 Å². The van der Waals surface area contributed by atoms with Gasteiger partial charge < -0.3 is 34.1 Å². The molecule has 194 valence electrons. The fraction of sp³-hybridized carbons (Fsp3) is 0.571. The summed E-state index contributed by atoms with van der Waals surface area (Å²) in [7, 11) is 4.99. The lowest BCUT2D eigenvalue weighted by Gasteiger charge is -2.33. The molecule has 2 N–H and O–H groups in total. The first kappa shape index (κ1) is 27.3. The van der Waals surface area contributed by atoms with Crippen LogP contribution in [0.1, 0.15) is 36.8 Å². The molecule has 0 heterocycles. The molecular weight excluding hydrogens is 446 g/mol. The molecule has 2 aromatic carbocycles. The van der Waals surface area contributed by atoms with Crippen molar-refractivity contribution in [2.24, 2.45) is 0 Å². The molecule has 1 aliphatic rings. The van der Waals surface area contributed by atoms with Crippen LogP contribution in [0.25, 0.3) is 0 Å². The smallest absolute Gasteiger partial charge is 0.160 e. The maximum absolute atomic E-state index is 10.4. The third kappa shape index (κ3) is 9.00. The van der Waals surface area contributed by atoms with Gasteiger partial charge in [-0.1, -0.05) is 31.0 Å². The van der Waals surface area contributed by atoms with E-state index < -0.39 is 6.10 Å². The Morgan fingerprint density at radius 1 is 0.886 bits per heavy atom. The summed E-state index contributed by atoms with van der Waals surface area (Å²) in [6, 6.07) is 14.2. The minimum atomic E-state index is -0.586. The van der Waals surface area contributed by atoms with Gasteiger partial charge in [0.2, 0.25) is 0 Å². The predicted octanol–water partition coefficient (Wildman–Crippen LogP) is 3.79. The van der Waals surface area contributed by atoms with E-state index in [1.807, 2.05) is 42.5 Å². The zero-order chi connectivity index (χ0) is 24.9. The van der Waals surface area contributed by atoms with Gasteiger partial charge in [-0.05, 0) is 61.1 Å². The molecule has 2 aromatic rings. The molecule has 0 spiro atoms. The van der Waals surface area contributed by atoms with Crippen molar-refractivity contribution in [2.45, 2.75) is 56.8 Å². The topological polar surface area (TPSA) is 78.4 Å². The molecule has 1 aliphatic carbocycles. The maximum atomic E-state index is 10.4. The van der Waals surface area contributed by atoms with Crippen LogP contribution in [0.3, 0.4) is 0 Å². The van der Waals surface area contributed by atoms with Crippen molar-refractivity contribution in [2.75, 3.05) is 47.7 Å². The second-order valence-electron chi connectivity index (χ2n) is 9.00. The van der Waals surface area contributed by atoms with Crippen molar-refractivity contribution in [3.8, 4) is 17.2 Å². The Hall–Kier alpha value is -2.32. The lowest BCUT2D eigenvalue weighted by Crippen LogP contribution is -2.47. The molecule has 35 heavy (non-hydrogen) atoms. The van der Waals surface area contributed by atoms with Gasteiger partial charge >= 0.3 is 0 Å². The second kappa shape index (κ2) is 14.9. The molecule has 3 rings (SSSR count). The zero-order valence-electron chi connectivity index (χ0n) is 21.3. The third-order valence-corrected chi connectivity index (χ3v) is 6.45. The molecule has 1 fully saturated rings. The molecule has 1 saturated carbocycles. The molecular formula is C28H41NO6. The summed E-state index contributed by atoms with van der Waals surface area (Å²) in [5.74, 6) is 2.23. The number of aliphatic hydroxyl groups excluding tert-OH is 1. The van der Waals surface area contributed by atoms with Crippen LogP contribution in [0, 0.1) is 0 Å². The van der Waals surface area contributed by atoms with Crippen molar-refractivity contribution in [1.82, 2.24) is 5.32 Å². The first-order chi connectivity index (χ1) is 17.1. The van der Waals surface area contributed by atoms with Gasteiger partial charge in [-0.2, -0.15) is 0 Å². The van der Waals surface area contributed by atoms with E-state index in [1.165, 1.54) is 18.4 Å².